The summed E-state index contributed by atoms with van der Waals surface area (Å²) in [6.07, 6.45) is 0. The molecular weight excluding hydrogens is 242 g/mol. The van der Waals surface area contributed by atoms with E-state index < -0.39 is 0 Å². The van der Waals surface area contributed by atoms with Gasteiger partial charge < -0.3 is 10.6 Å². The summed E-state index contributed by atoms with van der Waals surface area (Å²) in [4.78, 5) is 14.9. The Bertz CT molecular complexity index is 551. The molecule has 2 N–H and O–H groups in total. The van der Waals surface area contributed by atoms with Crippen molar-refractivity contribution in [1.29, 1.82) is 0 Å². The van der Waals surface area contributed by atoms with Gasteiger partial charge in [-0.05, 0) is 27.7 Å². The van der Waals surface area contributed by atoms with E-state index in [0.29, 0.717) is 23.5 Å². The minimum Gasteiger partial charge on any atom is -0.368 e. The highest BCUT2D eigenvalue weighted by Gasteiger charge is 2.14. The molecule has 0 spiro atoms. The number of nitrogen functional groups attached to an aromatic ring is 1. The third kappa shape index (κ3) is 2.64. The fraction of sp³-hybridized carbons (Fsp3) is 0.500. The van der Waals surface area contributed by atoms with Gasteiger partial charge in [0, 0.05) is 24.8 Å². The average molecular weight is 261 g/mol. The van der Waals surface area contributed by atoms with Crippen LogP contribution in [0.5, 0.6) is 0 Å². The monoisotopic (exact) mass is 261 g/mol. The molecule has 7 heteroatoms. The van der Waals surface area contributed by atoms with Crippen LogP contribution in [0.4, 0.5) is 11.9 Å². The lowest BCUT2D eigenvalue weighted by atomic mass is 10.4. The summed E-state index contributed by atoms with van der Waals surface area (Å²) in [5.74, 6) is 2.29. The molecule has 102 valence electrons. The highest BCUT2D eigenvalue weighted by molar-refractivity contribution is 5.40. The number of hydrogen-bond acceptors (Lipinski definition) is 6. The second kappa shape index (κ2) is 5.21. The van der Waals surface area contributed by atoms with E-state index in [2.05, 4.69) is 33.9 Å². The van der Waals surface area contributed by atoms with Crippen molar-refractivity contribution in [2.75, 3.05) is 23.7 Å². The summed E-state index contributed by atoms with van der Waals surface area (Å²) < 4.78 is 1.55. The van der Waals surface area contributed by atoms with Crippen molar-refractivity contribution in [2.24, 2.45) is 0 Å². The van der Waals surface area contributed by atoms with E-state index in [-0.39, 0.29) is 0 Å². The molecule has 0 saturated heterocycles. The lowest BCUT2D eigenvalue weighted by Gasteiger charge is -2.15. The summed E-state index contributed by atoms with van der Waals surface area (Å²) >= 11 is 0. The van der Waals surface area contributed by atoms with Gasteiger partial charge in [-0.1, -0.05) is 0 Å². The van der Waals surface area contributed by atoms with Crippen molar-refractivity contribution in [3.05, 3.63) is 17.6 Å². The molecule has 0 bridgehead atoms. The summed E-state index contributed by atoms with van der Waals surface area (Å²) in [5.41, 5.74) is 6.80. The molecule has 0 aromatic carbocycles. The third-order valence-electron chi connectivity index (χ3n) is 2.84. The Morgan fingerprint density at radius 2 is 1.84 bits per heavy atom. The minimum absolute atomic E-state index is 0.333. The first-order valence-corrected chi connectivity index (χ1v) is 6.35. The molecule has 0 atom stereocenters. The van der Waals surface area contributed by atoms with Crippen LogP contribution in [0.15, 0.2) is 6.07 Å². The Kier molecular flexibility index (Phi) is 3.64. The highest BCUT2D eigenvalue weighted by atomic mass is 15.5. The van der Waals surface area contributed by atoms with Crippen LogP contribution in [0.2, 0.25) is 0 Å². The minimum atomic E-state index is 0.333. The fourth-order valence-corrected chi connectivity index (χ4v) is 1.93. The molecule has 0 aliphatic rings. The van der Waals surface area contributed by atoms with E-state index >= 15 is 0 Å². The van der Waals surface area contributed by atoms with Gasteiger partial charge in [0.2, 0.25) is 11.9 Å². The molecule has 0 fully saturated rings. The van der Waals surface area contributed by atoms with E-state index in [1.54, 1.807) is 4.68 Å². The van der Waals surface area contributed by atoms with Crippen LogP contribution in [-0.2, 0) is 0 Å². The van der Waals surface area contributed by atoms with Gasteiger partial charge in [0.05, 0.1) is 0 Å². The van der Waals surface area contributed by atoms with Gasteiger partial charge in [-0.15, -0.1) is 5.10 Å². The molecule has 0 saturated carbocycles. The van der Waals surface area contributed by atoms with Gasteiger partial charge >= 0.3 is 0 Å². The molecule has 0 unspecified atom stereocenters. The predicted octanol–water partition coefficient (Wildman–Crippen LogP) is 1.10. The van der Waals surface area contributed by atoms with Crippen LogP contribution in [0.1, 0.15) is 25.4 Å². The van der Waals surface area contributed by atoms with Crippen LogP contribution in [0.25, 0.3) is 5.82 Å². The number of rotatable bonds is 4. The first kappa shape index (κ1) is 13.3. The summed E-state index contributed by atoms with van der Waals surface area (Å²) in [6.45, 7) is 9.54. The number of hydrogen-bond donors (Lipinski definition) is 1. The second-order valence-corrected chi connectivity index (χ2v) is 4.27. The maximum absolute atomic E-state index is 5.92. The molecule has 2 aromatic rings. The van der Waals surface area contributed by atoms with Crippen molar-refractivity contribution in [3.8, 4) is 5.82 Å². The maximum atomic E-state index is 5.92. The largest absolute Gasteiger partial charge is 0.368 e. The first-order valence-electron chi connectivity index (χ1n) is 6.35. The van der Waals surface area contributed by atoms with Crippen molar-refractivity contribution >= 4 is 11.9 Å². The lowest BCUT2D eigenvalue weighted by Crippen LogP contribution is -2.23. The van der Waals surface area contributed by atoms with Crippen molar-refractivity contribution in [3.63, 3.8) is 0 Å². The molecule has 0 amide bonds. The Hall–Kier alpha value is -2.18. The van der Waals surface area contributed by atoms with E-state index in [1.807, 2.05) is 24.8 Å². The summed E-state index contributed by atoms with van der Waals surface area (Å²) in [7, 11) is 0. The molecule has 19 heavy (non-hydrogen) atoms. The van der Waals surface area contributed by atoms with Gasteiger partial charge in [-0.3, -0.25) is 0 Å². The third-order valence-corrected chi connectivity index (χ3v) is 2.84. The van der Waals surface area contributed by atoms with Crippen LogP contribution in [0.3, 0.4) is 0 Å². The molecule has 0 aliphatic carbocycles. The Labute approximate surface area is 112 Å². The quantitative estimate of drug-likeness (QED) is 0.887. The zero-order chi connectivity index (χ0) is 14.0. The number of aryl methyl sites for hydroxylation is 2. The molecular formula is C12H19N7. The maximum Gasteiger partial charge on any atom is 0.247 e. The molecule has 2 aromatic heterocycles. The van der Waals surface area contributed by atoms with Gasteiger partial charge in [0.15, 0.2) is 5.82 Å². The van der Waals surface area contributed by atoms with E-state index in [9.17, 15) is 0 Å². The SMILES string of the molecule is CCN(CC)c1nc(N)n(-c2cc(C)nc(C)n2)n1. The van der Waals surface area contributed by atoms with Crippen molar-refractivity contribution in [1.82, 2.24) is 24.7 Å². The molecule has 2 heterocycles. The van der Waals surface area contributed by atoms with Gasteiger partial charge in [-0.25, -0.2) is 9.97 Å². The van der Waals surface area contributed by atoms with Crippen LogP contribution in [-0.4, -0.2) is 37.8 Å². The van der Waals surface area contributed by atoms with Gasteiger partial charge in [0.25, 0.3) is 0 Å². The lowest BCUT2D eigenvalue weighted by molar-refractivity contribution is 0.786. The zero-order valence-electron chi connectivity index (χ0n) is 11.8. The second-order valence-electron chi connectivity index (χ2n) is 4.27. The Morgan fingerprint density at radius 3 is 2.42 bits per heavy atom. The summed E-state index contributed by atoms with van der Waals surface area (Å²) in [6, 6.07) is 1.84. The van der Waals surface area contributed by atoms with E-state index in [4.69, 9.17) is 5.73 Å². The van der Waals surface area contributed by atoms with Gasteiger partial charge in [-0.2, -0.15) is 9.67 Å². The zero-order valence-corrected chi connectivity index (χ0v) is 11.8. The van der Waals surface area contributed by atoms with Crippen LogP contribution < -0.4 is 10.6 Å². The average Bonchev–Trinajstić information content (AvgIpc) is 2.71. The highest BCUT2D eigenvalue weighted by Crippen LogP contribution is 2.15. The van der Waals surface area contributed by atoms with Crippen molar-refractivity contribution in [2.45, 2.75) is 27.7 Å². The Morgan fingerprint density at radius 1 is 1.16 bits per heavy atom. The molecule has 2 rings (SSSR count). The fourth-order valence-electron chi connectivity index (χ4n) is 1.93. The first-order chi connectivity index (χ1) is 9.05. The summed E-state index contributed by atoms with van der Waals surface area (Å²) in [5, 5.41) is 4.42. The predicted molar refractivity (Wildman–Crippen MR) is 74.4 cm³/mol. The van der Waals surface area contributed by atoms with Crippen LogP contribution in [0, 0.1) is 13.8 Å². The Balaban J connectivity index is 2.45. The van der Waals surface area contributed by atoms with E-state index in [0.717, 1.165) is 18.8 Å². The molecule has 0 aliphatic heterocycles. The molecule has 7 nitrogen and oxygen atoms in total. The number of aromatic nitrogens is 5. The van der Waals surface area contributed by atoms with E-state index in [1.165, 1.54) is 0 Å². The van der Waals surface area contributed by atoms with Gasteiger partial charge in [0.1, 0.15) is 5.82 Å². The number of anilines is 2. The standard InChI is InChI=1S/C12H19N7/c1-5-18(6-2)12-16-11(13)19(17-12)10-7-8(3)14-9(4)15-10/h7H,5-6H2,1-4H3,(H2,13,16,17). The smallest absolute Gasteiger partial charge is 0.247 e. The number of nitrogens with zero attached hydrogens (tertiary/aromatic N) is 6. The normalized spacial score (nSPS) is 10.7. The number of nitrogens with two attached hydrogens (primary N) is 1. The topological polar surface area (TPSA) is 85.8 Å². The van der Waals surface area contributed by atoms with Crippen molar-refractivity contribution < 1.29 is 0 Å². The van der Waals surface area contributed by atoms with Crippen LogP contribution >= 0.6 is 0 Å². The molecule has 0 radical (unpaired) electrons.